The van der Waals surface area contributed by atoms with E-state index in [1.54, 1.807) is 6.07 Å². The Morgan fingerprint density at radius 2 is 1.06 bits per heavy atom. The maximum atomic E-state index is 12.0. The molecule has 0 saturated heterocycles. The molecular weight excluding hydrogens is 643 g/mol. The van der Waals surface area contributed by atoms with Crippen molar-refractivity contribution in [1.29, 1.82) is 5.26 Å². The Morgan fingerprint density at radius 1 is 0.694 bits per heavy atom. The SMILES string of the molecule is CC(C)(C)[Si](OCC(=O)CC#N)(c1ccccc1)c1ccccc1.CC(C)(C)[Si](OCc1cc(N)on1)(c1ccccc1)c1ccccc1. The Balaban J connectivity index is 0.000000221. The minimum atomic E-state index is -2.67. The summed E-state index contributed by atoms with van der Waals surface area (Å²) in [6.07, 6.45) is -0.113. The maximum absolute atomic E-state index is 12.0. The van der Waals surface area contributed by atoms with E-state index in [0.29, 0.717) is 18.2 Å². The Labute approximate surface area is 293 Å². The normalized spacial score (nSPS) is 12.0. The summed E-state index contributed by atoms with van der Waals surface area (Å²) in [5.74, 6) is 0.131. The van der Waals surface area contributed by atoms with Gasteiger partial charge < -0.3 is 19.1 Å². The van der Waals surface area contributed by atoms with Gasteiger partial charge in [-0.05, 0) is 30.8 Å². The molecule has 0 saturated carbocycles. The summed E-state index contributed by atoms with van der Waals surface area (Å²) in [5, 5.41) is 17.2. The van der Waals surface area contributed by atoms with Crippen molar-refractivity contribution in [2.45, 2.75) is 64.6 Å². The van der Waals surface area contributed by atoms with E-state index in [4.69, 9.17) is 24.4 Å². The molecule has 0 spiro atoms. The van der Waals surface area contributed by atoms with Gasteiger partial charge in [-0.2, -0.15) is 5.26 Å². The van der Waals surface area contributed by atoms with Crippen molar-refractivity contribution < 1.29 is 18.2 Å². The number of nitrogens with two attached hydrogens (primary N) is 1. The monoisotopic (exact) mass is 689 g/mol. The Kier molecular flexibility index (Phi) is 12.3. The van der Waals surface area contributed by atoms with Crippen molar-refractivity contribution in [3.63, 3.8) is 0 Å². The quantitative estimate of drug-likeness (QED) is 0.160. The van der Waals surface area contributed by atoms with Crippen molar-refractivity contribution in [3.8, 4) is 6.07 Å². The highest BCUT2D eigenvalue weighted by atomic mass is 28.4. The number of aromatic nitrogens is 1. The standard InChI is InChI=1S/C20H24N2O2Si.C20H23NO2Si/c1-20(2,3)25(17-10-6-4-7-11-17,18-12-8-5-9-13-18)23-15-16-14-19(21)24-22-16;1-20(2,3)24(18-10-6-4-7-11-18,19-12-8-5-9-13-19)23-16-17(22)14-15-21/h4-14H,15,21H2,1-3H3;4-13H,14,16H2,1-3H3. The molecule has 254 valence electrons. The number of anilines is 1. The van der Waals surface area contributed by atoms with E-state index in [0.717, 1.165) is 10.4 Å². The molecule has 4 aromatic carbocycles. The Hall–Kier alpha value is -4.60. The molecule has 9 heteroatoms. The van der Waals surface area contributed by atoms with Gasteiger partial charge in [-0.1, -0.05) is 168 Å². The number of hydrogen-bond acceptors (Lipinski definition) is 7. The largest absolute Gasteiger partial charge is 0.401 e. The molecule has 1 aromatic heterocycles. The molecule has 0 radical (unpaired) electrons. The van der Waals surface area contributed by atoms with Gasteiger partial charge in [0.25, 0.3) is 16.6 Å². The van der Waals surface area contributed by atoms with Crippen molar-refractivity contribution in [3.05, 3.63) is 133 Å². The van der Waals surface area contributed by atoms with Crippen LogP contribution in [0, 0.1) is 11.3 Å². The number of rotatable bonds is 11. The topological polar surface area (TPSA) is 111 Å². The fourth-order valence-electron chi connectivity index (χ4n) is 6.43. The molecule has 49 heavy (non-hydrogen) atoms. The zero-order valence-corrected chi connectivity index (χ0v) is 31.4. The van der Waals surface area contributed by atoms with Crippen LogP contribution < -0.4 is 26.5 Å². The van der Waals surface area contributed by atoms with Crippen LogP contribution in [0.2, 0.25) is 10.1 Å². The Morgan fingerprint density at radius 3 is 1.37 bits per heavy atom. The number of hydrogen-bond donors (Lipinski definition) is 1. The molecular formula is C40H47N3O4Si2. The van der Waals surface area contributed by atoms with E-state index in [-0.39, 0.29) is 28.9 Å². The van der Waals surface area contributed by atoms with Crippen LogP contribution in [0.5, 0.6) is 0 Å². The lowest BCUT2D eigenvalue weighted by atomic mass is 10.2. The molecule has 0 aliphatic carbocycles. The summed E-state index contributed by atoms with van der Waals surface area (Å²) in [4.78, 5) is 12.0. The Bertz CT molecular complexity index is 1720. The third-order valence-corrected chi connectivity index (χ3v) is 18.5. The zero-order valence-electron chi connectivity index (χ0n) is 29.4. The van der Waals surface area contributed by atoms with Crippen LogP contribution >= 0.6 is 0 Å². The maximum Gasteiger partial charge on any atom is 0.261 e. The van der Waals surface area contributed by atoms with Crippen LogP contribution in [0.15, 0.2) is 132 Å². The van der Waals surface area contributed by atoms with Gasteiger partial charge in [0.05, 0.1) is 25.7 Å². The molecule has 2 N–H and O–H groups in total. The van der Waals surface area contributed by atoms with Gasteiger partial charge in [0.15, 0.2) is 5.78 Å². The number of benzene rings is 4. The molecule has 7 nitrogen and oxygen atoms in total. The highest BCUT2D eigenvalue weighted by molar-refractivity contribution is 7.00. The number of nitriles is 1. The zero-order chi connectivity index (χ0) is 35.5. The number of nitrogens with zero attached hydrogens (tertiary/aromatic N) is 2. The van der Waals surface area contributed by atoms with E-state index in [1.807, 2.05) is 54.6 Å². The predicted octanol–water partition coefficient (Wildman–Crippen LogP) is 6.38. The lowest BCUT2D eigenvalue weighted by Gasteiger charge is -2.42. The first-order valence-electron chi connectivity index (χ1n) is 16.4. The van der Waals surface area contributed by atoms with E-state index >= 15 is 0 Å². The second kappa shape index (κ2) is 16.2. The number of Topliss-reactive ketones (excluding diaryl/α,β-unsaturated/α-hetero) is 1. The molecule has 0 aliphatic rings. The first kappa shape index (κ1) is 37.2. The molecule has 5 aromatic rings. The first-order valence-corrected chi connectivity index (χ1v) is 20.3. The lowest BCUT2D eigenvalue weighted by molar-refractivity contribution is -0.120. The number of carbonyl (C=O) groups excluding carboxylic acids is 1. The summed E-state index contributed by atoms with van der Waals surface area (Å²) < 4.78 is 18.1. The van der Waals surface area contributed by atoms with Crippen molar-refractivity contribution in [2.24, 2.45) is 0 Å². The van der Waals surface area contributed by atoms with Gasteiger partial charge in [0.2, 0.25) is 5.88 Å². The fourth-order valence-corrected chi connectivity index (χ4v) is 15.5. The minimum absolute atomic E-state index is 0.0269. The fraction of sp³-hybridized carbons (Fsp3) is 0.275. The van der Waals surface area contributed by atoms with Crippen LogP contribution in [0.3, 0.4) is 0 Å². The molecule has 5 rings (SSSR count). The third-order valence-electron chi connectivity index (χ3n) is 8.57. The van der Waals surface area contributed by atoms with Crippen LogP contribution in [-0.2, 0) is 20.3 Å². The first-order chi connectivity index (χ1) is 23.3. The van der Waals surface area contributed by atoms with Gasteiger partial charge in [0, 0.05) is 6.07 Å². The molecule has 0 unspecified atom stereocenters. The highest BCUT2D eigenvalue weighted by Gasteiger charge is 2.51. The number of ketones is 1. The molecule has 1 heterocycles. The average Bonchev–Trinajstić information content (AvgIpc) is 3.51. The van der Waals surface area contributed by atoms with Crippen molar-refractivity contribution in [1.82, 2.24) is 5.16 Å². The average molecular weight is 690 g/mol. The van der Waals surface area contributed by atoms with Gasteiger partial charge >= 0.3 is 0 Å². The van der Waals surface area contributed by atoms with Gasteiger partial charge in [0.1, 0.15) is 5.69 Å². The minimum Gasteiger partial charge on any atom is -0.401 e. The molecule has 0 atom stereocenters. The second-order valence-corrected chi connectivity index (χ2v) is 22.6. The summed E-state index contributed by atoms with van der Waals surface area (Å²) in [6.45, 7) is 13.6. The lowest BCUT2D eigenvalue weighted by Crippen LogP contribution is -2.67. The summed E-state index contributed by atoms with van der Waals surface area (Å²) in [7, 11) is -5.22. The highest BCUT2D eigenvalue weighted by Crippen LogP contribution is 2.38. The van der Waals surface area contributed by atoms with Crippen molar-refractivity contribution >= 4 is 49.0 Å². The van der Waals surface area contributed by atoms with Crippen molar-refractivity contribution in [2.75, 3.05) is 12.3 Å². The third kappa shape index (κ3) is 8.53. The van der Waals surface area contributed by atoms with E-state index in [1.165, 1.54) is 10.4 Å². The second-order valence-electron chi connectivity index (χ2n) is 14.0. The van der Waals surface area contributed by atoms with Gasteiger partial charge in [-0.25, -0.2) is 0 Å². The summed E-state index contributed by atoms with van der Waals surface area (Å²) in [6, 6.07) is 45.0. The molecule has 0 fully saturated rings. The number of carbonyl (C=O) groups is 1. The van der Waals surface area contributed by atoms with E-state index in [2.05, 4.69) is 119 Å². The smallest absolute Gasteiger partial charge is 0.261 e. The van der Waals surface area contributed by atoms with Crippen LogP contribution in [-0.4, -0.2) is 34.2 Å². The molecule has 0 aliphatic heterocycles. The van der Waals surface area contributed by atoms with Crippen LogP contribution in [0.1, 0.15) is 53.7 Å². The van der Waals surface area contributed by atoms with Crippen LogP contribution in [0.25, 0.3) is 0 Å². The summed E-state index contributed by atoms with van der Waals surface area (Å²) in [5.41, 5.74) is 6.37. The molecule has 0 bridgehead atoms. The summed E-state index contributed by atoms with van der Waals surface area (Å²) >= 11 is 0. The van der Waals surface area contributed by atoms with Gasteiger partial charge in [-0.3, -0.25) is 4.79 Å². The van der Waals surface area contributed by atoms with E-state index in [9.17, 15) is 4.79 Å². The molecule has 0 amide bonds. The van der Waals surface area contributed by atoms with Gasteiger partial charge in [-0.15, -0.1) is 0 Å². The van der Waals surface area contributed by atoms with E-state index < -0.39 is 16.6 Å². The number of nitrogen functional groups attached to an aromatic ring is 1. The van der Waals surface area contributed by atoms with Crippen LogP contribution in [0.4, 0.5) is 5.88 Å². The predicted molar refractivity (Wildman–Crippen MR) is 202 cm³/mol.